The summed E-state index contributed by atoms with van der Waals surface area (Å²) in [5, 5.41) is 17.4. The smallest absolute Gasteiger partial charge is 0.255 e. The van der Waals surface area contributed by atoms with Gasteiger partial charge in [0.15, 0.2) is 6.19 Å². The molecule has 3 N–H and O–H groups in total. The minimum absolute atomic E-state index is 0.233. The summed E-state index contributed by atoms with van der Waals surface area (Å²) in [4.78, 5) is 17.9. The van der Waals surface area contributed by atoms with Crippen LogP contribution in [-0.4, -0.2) is 33.2 Å². The van der Waals surface area contributed by atoms with E-state index in [1.165, 1.54) is 14.2 Å². The van der Waals surface area contributed by atoms with Gasteiger partial charge in [0.05, 0.1) is 32.6 Å². The number of para-hydroxylation sites is 2. The quantitative estimate of drug-likeness (QED) is 0.485. The molecular weight excluding hydrogens is 398 g/mol. The van der Waals surface area contributed by atoms with Gasteiger partial charge < -0.3 is 24.8 Å². The third-order valence-electron chi connectivity index (χ3n) is 4.75. The number of nitrogens with zero attached hydrogens (tertiary/aromatic N) is 2. The Morgan fingerprint density at radius 3 is 2.52 bits per heavy atom. The molecule has 2 aromatic carbocycles. The molecule has 3 rings (SSSR count). The molecule has 1 aliphatic heterocycles. The Labute approximate surface area is 180 Å². The molecule has 160 valence electrons. The van der Waals surface area contributed by atoms with Crippen molar-refractivity contribution >= 4 is 17.6 Å². The highest BCUT2D eigenvalue weighted by atomic mass is 16.5. The second-order valence-corrected chi connectivity index (χ2v) is 6.54. The summed E-state index contributed by atoms with van der Waals surface area (Å²) in [5.41, 5.74) is 2.09. The maximum absolute atomic E-state index is 13.3. The minimum Gasteiger partial charge on any atom is -0.497 e. The van der Waals surface area contributed by atoms with Crippen LogP contribution in [0.25, 0.3) is 0 Å². The molecule has 9 nitrogen and oxygen atoms in total. The van der Waals surface area contributed by atoms with Crippen LogP contribution in [0.3, 0.4) is 0 Å². The monoisotopic (exact) mass is 421 g/mol. The number of benzene rings is 2. The van der Waals surface area contributed by atoms with Gasteiger partial charge in [0.25, 0.3) is 5.91 Å². The van der Waals surface area contributed by atoms with Crippen LogP contribution in [0.1, 0.15) is 18.5 Å². The van der Waals surface area contributed by atoms with Crippen molar-refractivity contribution in [1.29, 1.82) is 5.26 Å². The molecule has 0 radical (unpaired) electrons. The van der Waals surface area contributed by atoms with Crippen LogP contribution < -0.4 is 30.2 Å². The number of carbonyl (C=O) groups excluding carboxylic acids is 1. The molecule has 2 aromatic rings. The van der Waals surface area contributed by atoms with Crippen molar-refractivity contribution in [2.24, 2.45) is 4.99 Å². The Balaban J connectivity index is 2.06. The number of hydrogen-bond acceptors (Lipinski definition) is 8. The van der Waals surface area contributed by atoms with Crippen LogP contribution in [-0.2, 0) is 4.79 Å². The number of rotatable bonds is 6. The SMILES string of the molecule is COc1ccc(C2N=C(NC#N)NC(C)=C2C(=O)Nc2ccccc2OC)c(OC)c1. The van der Waals surface area contributed by atoms with Crippen molar-refractivity contribution in [2.75, 3.05) is 26.6 Å². The summed E-state index contributed by atoms with van der Waals surface area (Å²) >= 11 is 0. The lowest BCUT2D eigenvalue weighted by molar-refractivity contribution is -0.113. The lowest BCUT2D eigenvalue weighted by Crippen LogP contribution is -2.39. The summed E-state index contributed by atoms with van der Waals surface area (Å²) in [6.07, 6.45) is 1.84. The van der Waals surface area contributed by atoms with Crippen molar-refractivity contribution in [3.8, 4) is 23.4 Å². The van der Waals surface area contributed by atoms with Crippen LogP contribution in [0.4, 0.5) is 5.69 Å². The van der Waals surface area contributed by atoms with E-state index >= 15 is 0 Å². The maximum Gasteiger partial charge on any atom is 0.255 e. The van der Waals surface area contributed by atoms with E-state index < -0.39 is 6.04 Å². The third-order valence-corrected chi connectivity index (χ3v) is 4.75. The van der Waals surface area contributed by atoms with Gasteiger partial charge in [-0.1, -0.05) is 12.1 Å². The van der Waals surface area contributed by atoms with Gasteiger partial charge >= 0.3 is 0 Å². The van der Waals surface area contributed by atoms with Crippen molar-refractivity contribution in [3.05, 3.63) is 59.3 Å². The molecule has 31 heavy (non-hydrogen) atoms. The van der Waals surface area contributed by atoms with Crippen molar-refractivity contribution < 1.29 is 19.0 Å². The van der Waals surface area contributed by atoms with Gasteiger partial charge in [0, 0.05) is 17.3 Å². The molecule has 9 heteroatoms. The number of carbonyl (C=O) groups is 1. The first-order valence-corrected chi connectivity index (χ1v) is 9.39. The Kier molecular flexibility index (Phi) is 6.62. The Morgan fingerprint density at radius 1 is 1.10 bits per heavy atom. The molecule has 0 spiro atoms. The molecule has 1 aliphatic rings. The van der Waals surface area contributed by atoms with Crippen LogP contribution in [0.5, 0.6) is 17.2 Å². The highest BCUT2D eigenvalue weighted by Gasteiger charge is 2.32. The highest BCUT2D eigenvalue weighted by molar-refractivity contribution is 6.07. The van der Waals surface area contributed by atoms with E-state index in [0.717, 1.165) is 0 Å². The molecule has 0 aromatic heterocycles. The zero-order valence-corrected chi connectivity index (χ0v) is 17.6. The fourth-order valence-electron chi connectivity index (χ4n) is 3.29. The van der Waals surface area contributed by atoms with E-state index in [0.29, 0.717) is 39.8 Å². The number of anilines is 1. The van der Waals surface area contributed by atoms with Crippen LogP contribution in [0.2, 0.25) is 0 Å². The summed E-state index contributed by atoms with van der Waals surface area (Å²) in [5.74, 6) is 1.51. The van der Waals surface area contributed by atoms with Crippen molar-refractivity contribution in [1.82, 2.24) is 10.6 Å². The highest BCUT2D eigenvalue weighted by Crippen LogP contribution is 2.38. The van der Waals surface area contributed by atoms with E-state index in [-0.39, 0.29) is 11.9 Å². The third kappa shape index (κ3) is 4.53. The second kappa shape index (κ2) is 9.54. The van der Waals surface area contributed by atoms with Gasteiger partial charge in [0.1, 0.15) is 23.3 Å². The van der Waals surface area contributed by atoms with Gasteiger partial charge in [0.2, 0.25) is 5.96 Å². The Hall–Kier alpha value is -4.19. The average Bonchev–Trinajstić information content (AvgIpc) is 2.78. The average molecular weight is 421 g/mol. The van der Waals surface area contributed by atoms with Gasteiger partial charge in [-0.05, 0) is 31.2 Å². The Morgan fingerprint density at radius 2 is 1.84 bits per heavy atom. The number of amides is 1. The number of ether oxygens (including phenoxy) is 3. The van der Waals surface area contributed by atoms with Crippen molar-refractivity contribution in [2.45, 2.75) is 13.0 Å². The number of hydrogen-bond donors (Lipinski definition) is 3. The van der Waals surface area contributed by atoms with Crippen LogP contribution in [0.15, 0.2) is 58.7 Å². The largest absolute Gasteiger partial charge is 0.497 e. The first-order chi connectivity index (χ1) is 15.0. The summed E-state index contributed by atoms with van der Waals surface area (Å²) in [7, 11) is 4.62. The number of methoxy groups -OCH3 is 3. The number of aliphatic imine (C=N–C) groups is 1. The van der Waals surface area contributed by atoms with E-state index in [1.54, 1.807) is 50.4 Å². The summed E-state index contributed by atoms with van der Waals surface area (Å²) in [6, 6.07) is 11.7. The predicted molar refractivity (Wildman–Crippen MR) is 116 cm³/mol. The van der Waals surface area contributed by atoms with E-state index in [9.17, 15) is 4.79 Å². The predicted octanol–water partition coefficient (Wildman–Crippen LogP) is 2.70. The number of guanidine groups is 1. The normalized spacial score (nSPS) is 15.2. The maximum atomic E-state index is 13.3. The molecule has 0 fully saturated rings. The molecule has 0 aliphatic carbocycles. The summed E-state index contributed by atoms with van der Waals surface area (Å²) in [6.45, 7) is 1.74. The fourth-order valence-corrected chi connectivity index (χ4v) is 3.29. The summed E-state index contributed by atoms with van der Waals surface area (Å²) < 4.78 is 16.1. The molecular formula is C22H23N5O4. The zero-order chi connectivity index (χ0) is 22.4. The number of allylic oxidation sites excluding steroid dienone is 1. The molecule has 1 amide bonds. The number of nitrogens with one attached hydrogen (secondary N) is 3. The molecule has 0 saturated heterocycles. The van der Waals surface area contributed by atoms with Gasteiger partial charge in [-0.2, -0.15) is 5.26 Å². The second-order valence-electron chi connectivity index (χ2n) is 6.54. The van der Waals surface area contributed by atoms with E-state index in [4.69, 9.17) is 19.5 Å². The molecule has 1 atom stereocenters. The van der Waals surface area contributed by atoms with Crippen LogP contribution >= 0.6 is 0 Å². The minimum atomic E-state index is -0.729. The molecule has 1 heterocycles. The first kappa shape index (κ1) is 21.5. The van der Waals surface area contributed by atoms with E-state index in [1.807, 2.05) is 12.3 Å². The fraction of sp³-hybridized carbons (Fsp3) is 0.227. The number of nitriles is 1. The topological polar surface area (TPSA) is 117 Å². The Bertz CT molecular complexity index is 1090. The lowest BCUT2D eigenvalue weighted by Gasteiger charge is -2.27. The standard InChI is InChI=1S/C22H23N5O4/c1-13-19(21(28)26-16-7-5-6-8-17(16)30-3)20(27-22(25-13)24-12-23)15-10-9-14(29-2)11-18(15)31-4/h5-11,20H,1-4H3,(H,26,28)(H2,24,25,27). The van der Waals surface area contributed by atoms with Crippen LogP contribution in [0, 0.1) is 11.5 Å². The molecule has 0 bridgehead atoms. The van der Waals surface area contributed by atoms with Gasteiger partial charge in [-0.25, -0.2) is 4.99 Å². The zero-order valence-electron chi connectivity index (χ0n) is 17.6. The molecule has 0 saturated carbocycles. The molecule has 1 unspecified atom stereocenters. The lowest BCUT2D eigenvalue weighted by atomic mass is 9.94. The first-order valence-electron chi connectivity index (χ1n) is 9.39. The van der Waals surface area contributed by atoms with Gasteiger partial charge in [-0.15, -0.1) is 0 Å². The van der Waals surface area contributed by atoms with Gasteiger partial charge in [-0.3, -0.25) is 10.1 Å². The van der Waals surface area contributed by atoms with E-state index in [2.05, 4.69) is 20.9 Å². The van der Waals surface area contributed by atoms with Crippen molar-refractivity contribution in [3.63, 3.8) is 0 Å².